The average molecular weight is 248 g/mol. The van der Waals surface area contributed by atoms with Crippen LogP contribution in [0, 0.1) is 0 Å². The van der Waals surface area contributed by atoms with Crippen molar-refractivity contribution in [2.75, 3.05) is 32.1 Å². The van der Waals surface area contributed by atoms with Gasteiger partial charge in [-0.05, 0) is 51.6 Å². The first-order valence-corrected chi connectivity index (χ1v) is 6.77. The molecule has 1 saturated heterocycles. The minimum Gasteiger partial charge on any atom is -0.389 e. The molecular formula is C15H24N2O. The zero-order valence-electron chi connectivity index (χ0n) is 11.6. The minimum atomic E-state index is -0.379. The lowest BCUT2D eigenvalue weighted by Crippen LogP contribution is -2.37. The second-order valence-electron chi connectivity index (χ2n) is 5.52. The normalized spacial score (nSPS) is 21.6. The first-order valence-electron chi connectivity index (χ1n) is 6.77. The van der Waals surface area contributed by atoms with E-state index in [2.05, 4.69) is 36.0 Å². The van der Waals surface area contributed by atoms with E-state index in [1.807, 2.05) is 12.1 Å². The van der Waals surface area contributed by atoms with E-state index in [0.29, 0.717) is 6.04 Å². The van der Waals surface area contributed by atoms with Crippen molar-refractivity contribution in [3.05, 3.63) is 29.8 Å². The molecule has 1 heterocycles. The molecule has 0 spiro atoms. The largest absolute Gasteiger partial charge is 0.389 e. The maximum absolute atomic E-state index is 9.53. The summed E-state index contributed by atoms with van der Waals surface area (Å²) in [5, 5.41) is 9.53. The van der Waals surface area contributed by atoms with Crippen LogP contribution in [0.25, 0.3) is 0 Å². The summed E-state index contributed by atoms with van der Waals surface area (Å²) in [4.78, 5) is 4.75. The zero-order chi connectivity index (χ0) is 13.1. The lowest BCUT2D eigenvalue weighted by molar-refractivity contribution is 0.199. The van der Waals surface area contributed by atoms with Gasteiger partial charge >= 0.3 is 0 Å². The Bertz CT molecular complexity index is 373. The zero-order valence-corrected chi connectivity index (χ0v) is 11.6. The molecule has 0 aliphatic carbocycles. The number of aliphatic hydroxyl groups is 1. The summed E-state index contributed by atoms with van der Waals surface area (Å²) in [6.07, 6.45) is 2.17. The molecule has 1 fully saturated rings. The summed E-state index contributed by atoms with van der Waals surface area (Å²) in [5.41, 5.74) is 2.27. The van der Waals surface area contributed by atoms with Gasteiger partial charge in [0.05, 0.1) is 6.10 Å². The highest BCUT2D eigenvalue weighted by atomic mass is 16.3. The van der Waals surface area contributed by atoms with Gasteiger partial charge in [0, 0.05) is 24.8 Å². The molecule has 1 aliphatic rings. The average Bonchev–Trinajstić information content (AvgIpc) is 2.76. The van der Waals surface area contributed by atoms with Crippen molar-refractivity contribution in [1.82, 2.24) is 4.90 Å². The molecule has 100 valence electrons. The second-order valence-corrected chi connectivity index (χ2v) is 5.52. The Hall–Kier alpha value is -1.06. The Labute approximate surface area is 110 Å². The van der Waals surface area contributed by atoms with Crippen molar-refractivity contribution in [1.29, 1.82) is 0 Å². The molecular weight excluding hydrogens is 224 g/mol. The minimum absolute atomic E-state index is 0.379. The lowest BCUT2D eigenvalue weighted by Gasteiger charge is -2.29. The highest BCUT2D eigenvalue weighted by molar-refractivity contribution is 5.49. The number of nitrogens with zero attached hydrogens (tertiary/aromatic N) is 2. The number of aliphatic hydroxyl groups excluding tert-OH is 1. The van der Waals surface area contributed by atoms with Crippen LogP contribution in [0.2, 0.25) is 0 Å². The molecule has 0 amide bonds. The highest BCUT2D eigenvalue weighted by Gasteiger charge is 2.24. The Kier molecular flexibility index (Phi) is 4.25. The van der Waals surface area contributed by atoms with Crippen LogP contribution >= 0.6 is 0 Å². The van der Waals surface area contributed by atoms with Crippen molar-refractivity contribution in [2.24, 2.45) is 0 Å². The highest BCUT2D eigenvalue weighted by Crippen LogP contribution is 2.27. The van der Waals surface area contributed by atoms with Gasteiger partial charge in [0.15, 0.2) is 0 Å². The number of rotatable bonds is 4. The fraction of sp³-hybridized carbons (Fsp3) is 0.600. The summed E-state index contributed by atoms with van der Waals surface area (Å²) >= 11 is 0. The number of benzene rings is 1. The van der Waals surface area contributed by atoms with E-state index >= 15 is 0 Å². The quantitative estimate of drug-likeness (QED) is 0.885. The lowest BCUT2D eigenvalue weighted by atomic mass is 10.1. The van der Waals surface area contributed by atoms with Crippen LogP contribution in [-0.2, 0) is 0 Å². The summed E-state index contributed by atoms with van der Waals surface area (Å²) < 4.78 is 0. The molecule has 0 saturated carbocycles. The Morgan fingerprint density at radius 3 is 2.56 bits per heavy atom. The third-order valence-corrected chi connectivity index (χ3v) is 3.66. The van der Waals surface area contributed by atoms with Gasteiger partial charge in [-0.3, -0.25) is 0 Å². The Balaban J connectivity index is 2.10. The SMILES string of the molecule is CC(O)c1ccc(N2CCCC2CN(C)C)cc1. The van der Waals surface area contributed by atoms with Crippen LogP contribution in [0.1, 0.15) is 31.4 Å². The number of anilines is 1. The van der Waals surface area contributed by atoms with Crippen LogP contribution in [0.4, 0.5) is 5.69 Å². The number of hydrogen-bond donors (Lipinski definition) is 1. The summed E-state index contributed by atoms with van der Waals surface area (Å²) in [7, 11) is 4.26. The Morgan fingerprint density at radius 1 is 1.33 bits per heavy atom. The molecule has 0 bridgehead atoms. The van der Waals surface area contributed by atoms with Crippen molar-refractivity contribution in [3.8, 4) is 0 Å². The number of hydrogen-bond acceptors (Lipinski definition) is 3. The topological polar surface area (TPSA) is 26.7 Å². The van der Waals surface area contributed by atoms with Crippen LogP contribution < -0.4 is 4.90 Å². The van der Waals surface area contributed by atoms with Crippen molar-refractivity contribution in [3.63, 3.8) is 0 Å². The predicted molar refractivity (Wildman–Crippen MR) is 76.0 cm³/mol. The molecule has 2 rings (SSSR count). The maximum atomic E-state index is 9.53. The van der Waals surface area contributed by atoms with E-state index in [0.717, 1.165) is 18.7 Å². The molecule has 1 aliphatic heterocycles. The number of likely N-dealkylation sites (N-methyl/N-ethyl adjacent to an activating group) is 1. The first-order chi connectivity index (χ1) is 8.58. The molecule has 18 heavy (non-hydrogen) atoms. The molecule has 1 aromatic carbocycles. The maximum Gasteiger partial charge on any atom is 0.0761 e. The molecule has 0 aromatic heterocycles. The van der Waals surface area contributed by atoms with Crippen LogP contribution in [0.15, 0.2) is 24.3 Å². The molecule has 3 heteroatoms. The van der Waals surface area contributed by atoms with Gasteiger partial charge in [-0.15, -0.1) is 0 Å². The molecule has 1 N–H and O–H groups in total. The third-order valence-electron chi connectivity index (χ3n) is 3.66. The fourth-order valence-electron chi connectivity index (χ4n) is 2.73. The summed E-state index contributed by atoms with van der Waals surface area (Å²) in [6.45, 7) is 4.06. The van der Waals surface area contributed by atoms with Gasteiger partial charge in [-0.2, -0.15) is 0 Å². The van der Waals surface area contributed by atoms with Crippen molar-refractivity contribution in [2.45, 2.75) is 31.9 Å². The molecule has 2 unspecified atom stereocenters. The second kappa shape index (κ2) is 5.72. The van der Waals surface area contributed by atoms with E-state index in [1.165, 1.54) is 18.5 Å². The summed E-state index contributed by atoms with van der Waals surface area (Å²) in [6, 6.07) is 8.96. The van der Waals surface area contributed by atoms with E-state index in [4.69, 9.17) is 0 Å². The monoisotopic (exact) mass is 248 g/mol. The predicted octanol–water partition coefficient (Wildman–Crippen LogP) is 2.27. The van der Waals surface area contributed by atoms with Crippen LogP contribution in [0.3, 0.4) is 0 Å². The van der Waals surface area contributed by atoms with Gasteiger partial charge in [-0.25, -0.2) is 0 Å². The Morgan fingerprint density at radius 2 is 2.00 bits per heavy atom. The summed E-state index contributed by atoms with van der Waals surface area (Å²) in [5.74, 6) is 0. The van der Waals surface area contributed by atoms with E-state index in [1.54, 1.807) is 6.92 Å². The molecule has 1 aromatic rings. The molecule has 2 atom stereocenters. The van der Waals surface area contributed by atoms with E-state index < -0.39 is 0 Å². The molecule has 0 radical (unpaired) electrons. The van der Waals surface area contributed by atoms with Crippen molar-refractivity contribution >= 4 is 5.69 Å². The fourth-order valence-corrected chi connectivity index (χ4v) is 2.73. The van der Waals surface area contributed by atoms with Crippen LogP contribution in [0.5, 0.6) is 0 Å². The van der Waals surface area contributed by atoms with Crippen molar-refractivity contribution < 1.29 is 5.11 Å². The standard InChI is InChI=1S/C15H24N2O/c1-12(18)13-6-8-14(9-7-13)17-10-4-5-15(17)11-16(2)3/h6-9,12,15,18H,4-5,10-11H2,1-3H3. The van der Waals surface area contributed by atoms with Gasteiger partial charge in [0.2, 0.25) is 0 Å². The smallest absolute Gasteiger partial charge is 0.0761 e. The van der Waals surface area contributed by atoms with Gasteiger partial charge < -0.3 is 14.9 Å². The van der Waals surface area contributed by atoms with Gasteiger partial charge in [-0.1, -0.05) is 12.1 Å². The molecule has 3 nitrogen and oxygen atoms in total. The first kappa shape index (κ1) is 13.4. The van der Waals surface area contributed by atoms with E-state index in [-0.39, 0.29) is 6.10 Å². The van der Waals surface area contributed by atoms with Crippen LogP contribution in [-0.4, -0.2) is 43.2 Å². The van der Waals surface area contributed by atoms with E-state index in [9.17, 15) is 5.11 Å². The third kappa shape index (κ3) is 3.03. The van der Waals surface area contributed by atoms with Gasteiger partial charge in [0.1, 0.15) is 0 Å². The van der Waals surface area contributed by atoms with Gasteiger partial charge in [0.25, 0.3) is 0 Å².